The molecule has 33 heavy (non-hydrogen) atoms. The van der Waals surface area contributed by atoms with Crippen LogP contribution in [0.2, 0.25) is 0 Å². The van der Waals surface area contributed by atoms with E-state index in [9.17, 15) is 14.7 Å². The van der Waals surface area contributed by atoms with E-state index in [-0.39, 0.29) is 23.8 Å². The Bertz CT molecular complexity index is 1460. The molecule has 2 N–H and O–H groups in total. The van der Waals surface area contributed by atoms with E-state index in [0.29, 0.717) is 39.5 Å². The van der Waals surface area contributed by atoms with Crippen LogP contribution in [0.5, 0.6) is 11.5 Å². The Hall–Kier alpha value is -4.26. The molecule has 4 aromatic rings. The maximum Gasteiger partial charge on any atom is 0.337 e. The van der Waals surface area contributed by atoms with Crippen LogP contribution in [0.15, 0.2) is 69.9 Å². The number of hydrogen-bond acceptors (Lipinski definition) is 6. The molecule has 3 aromatic carbocycles. The summed E-state index contributed by atoms with van der Waals surface area (Å²) in [6.07, 6.45) is 0. The zero-order chi connectivity index (χ0) is 23.1. The predicted octanol–water partition coefficient (Wildman–Crippen LogP) is 5.37. The lowest BCUT2D eigenvalue weighted by atomic mass is 10.00. The highest BCUT2D eigenvalue weighted by molar-refractivity contribution is 5.94. The van der Waals surface area contributed by atoms with Crippen LogP contribution < -0.4 is 20.2 Å². The van der Waals surface area contributed by atoms with E-state index in [0.717, 1.165) is 11.1 Å². The second-order valence-electron chi connectivity index (χ2n) is 7.99. The fourth-order valence-corrected chi connectivity index (χ4v) is 4.05. The molecule has 2 heterocycles. The van der Waals surface area contributed by atoms with Gasteiger partial charge in [-0.2, -0.15) is 0 Å². The van der Waals surface area contributed by atoms with E-state index in [1.165, 1.54) is 6.07 Å². The number of rotatable bonds is 5. The molecule has 0 amide bonds. The molecule has 166 valence electrons. The quantitative estimate of drug-likeness (QED) is 0.428. The molecule has 0 bridgehead atoms. The summed E-state index contributed by atoms with van der Waals surface area (Å²) in [5, 5.41) is 13.2. The molecule has 0 radical (unpaired) electrons. The first-order valence-electron chi connectivity index (χ1n) is 10.5. The third-order valence-electron chi connectivity index (χ3n) is 5.65. The fourth-order valence-electron chi connectivity index (χ4n) is 4.05. The summed E-state index contributed by atoms with van der Waals surface area (Å²) in [4.78, 5) is 24.6. The first-order valence-corrected chi connectivity index (χ1v) is 10.5. The van der Waals surface area contributed by atoms with Crippen molar-refractivity contribution < 1.29 is 23.8 Å². The summed E-state index contributed by atoms with van der Waals surface area (Å²) in [5.74, 6) is 0.637. The summed E-state index contributed by atoms with van der Waals surface area (Å²) in [6, 6.07) is 17.0. The van der Waals surface area contributed by atoms with Crippen LogP contribution in [0, 0.1) is 6.92 Å². The Labute approximate surface area is 189 Å². The van der Waals surface area contributed by atoms with Gasteiger partial charge in [-0.3, -0.25) is 4.79 Å². The van der Waals surface area contributed by atoms with Crippen molar-refractivity contribution in [3.63, 3.8) is 0 Å². The highest BCUT2D eigenvalue weighted by Gasteiger charge is 2.20. The van der Waals surface area contributed by atoms with Crippen molar-refractivity contribution in [3.8, 4) is 22.8 Å². The van der Waals surface area contributed by atoms with Gasteiger partial charge < -0.3 is 24.3 Å². The van der Waals surface area contributed by atoms with E-state index >= 15 is 0 Å². The average Bonchev–Trinajstić information content (AvgIpc) is 3.27. The molecule has 0 saturated carbocycles. The number of anilines is 1. The molecule has 1 aliphatic heterocycles. The van der Waals surface area contributed by atoms with Gasteiger partial charge in [-0.1, -0.05) is 18.2 Å². The molecule has 1 unspecified atom stereocenters. The number of carboxylic acids is 1. The summed E-state index contributed by atoms with van der Waals surface area (Å²) in [6.45, 7) is 3.97. The smallest absolute Gasteiger partial charge is 0.337 e. The standard InChI is InChI=1S/C26H21NO6/c1-14-9-18(15(2)27-20-6-4-3-5-17(20)26(29)30)25-19(10-14)21(28)12-23(33-25)16-7-8-22-24(11-16)32-13-31-22/h3-12,15,27H,13H2,1-2H3,(H,29,30). The molecular formula is C26H21NO6. The van der Waals surface area contributed by atoms with Crippen LogP contribution in [0.1, 0.15) is 34.5 Å². The first kappa shape index (κ1) is 20.6. The number of para-hydroxylation sites is 1. The lowest BCUT2D eigenvalue weighted by Crippen LogP contribution is -2.12. The number of carboxylic acid groups (broad SMARTS) is 1. The van der Waals surface area contributed by atoms with Gasteiger partial charge in [0, 0.05) is 22.9 Å². The minimum absolute atomic E-state index is 0.158. The topological polar surface area (TPSA) is 98.0 Å². The number of carbonyl (C=O) groups is 1. The van der Waals surface area contributed by atoms with Crippen molar-refractivity contribution in [1.82, 2.24) is 0 Å². The summed E-state index contributed by atoms with van der Waals surface area (Å²) in [7, 11) is 0. The van der Waals surface area contributed by atoms with Crippen molar-refractivity contribution in [2.24, 2.45) is 0 Å². The minimum atomic E-state index is -1.02. The number of aryl methyl sites for hydroxylation is 1. The lowest BCUT2D eigenvalue weighted by molar-refractivity contribution is 0.0698. The van der Waals surface area contributed by atoms with Crippen LogP contribution in [-0.4, -0.2) is 17.9 Å². The highest BCUT2D eigenvalue weighted by atomic mass is 16.7. The Morgan fingerprint density at radius 1 is 1.03 bits per heavy atom. The second kappa shape index (κ2) is 8.02. The summed E-state index contributed by atoms with van der Waals surface area (Å²) >= 11 is 0. The summed E-state index contributed by atoms with van der Waals surface area (Å²) < 4.78 is 17.1. The molecular weight excluding hydrogens is 422 g/mol. The average molecular weight is 443 g/mol. The molecule has 7 heteroatoms. The van der Waals surface area contributed by atoms with Gasteiger partial charge in [0.2, 0.25) is 6.79 Å². The number of nitrogens with one attached hydrogen (secondary N) is 1. The van der Waals surface area contributed by atoms with Gasteiger partial charge in [-0.05, 0) is 55.8 Å². The largest absolute Gasteiger partial charge is 0.478 e. The third kappa shape index (κ3) is 3.78. The van der Waals surface area contributed by atoms with Gasteiger partial charge in [0.05, 0.1) is 17.0 Å². The van der Waals surface area contributed by atoms with Gasteiger partial charge in [-0.15, -0.1) is 0 Å². The maximum absolute atomic E-state index is 13.0. The SMILES string of the molecule is Cc1cc(C(C)Nc2ccccc2C(=O)O)c2oc(-c3ccc4c(c3)OCO4)cc(=O)c2c1. The second-order valence-corrected chi connectivity index (χ2v) is 7.99. The molecule has 5 rings (SSSR count). The van der Waals surface area contributed by atoms with Gasteiger partial charge in [-0.25, -0.2) is 4.79 Å². The van der Waals surface area contributed by atoms with Crippen LogP contribution in [-0.2, 0) is 0 Å². The Balaban J connectivity index is 1.62. The molecule has 0 fully saturated rings. The first-order chi connectivity index (χ1) is 15.9. The number of aromatic carboxylic acids is 1. The molecule has 1 aliphatic rings. The third-order valence-corrected chi connectivity index (χ3v) is 5.65. The van der Waals surface area contributed by atoms with Crippen molar-refractivity contribution in [2.75, 3.05) is 12.1 Å². The zero-order valence-corrected chi connectivity index (χ0v) is 18.0. The zero-order valence-electron chi connectivity index (χ0n) is 18.0. The normalized spacial score (nSPS) is 13.2. The fraction of sp³-hybridized carbons (Fsp3) is 0.154. The number of ether oxygens (including phenoxy) is 2. The highest BCUT2D eigenvalue weighted by Crippen LogP contribution is 2.37. The molecule has 7 nitrogen and oxygen atoms in total. The van der Waals surface area contributed by atoms with Crippen LogP contribution in [0.25, 0.3) is 22.3 Å². The predicted molar refractivity (Wildman–Crippen MR) is 124 cm³/mol. The number of fused-ring (bicyclic) bond motifs is 2. The summed E-state index contributed by atoms with van der Waals surface area (Å²) in [5.41, 5.74) is 3.30. The molecule has 0 spiro atoms. The Morgan fingerprint density at radius 2 is 1.82 bits per heavy atom. The van der Waals surface area contributed by atoms with Crippen molar-refractivity contribution in [3.05, 3.63) is 87.6 Å². The molecule has 0 aliphatic carbocycles. The minimum Gasteiger partial charge on any atom is -0.478 e. The van der Waals surface area contributed by atoms with E-state index in [2.05, 4.69) is 5.32 Å². The Morgan fingerprint density at radius 3 is 2.64 bits per heavy atom. The molecule has 0 saturated heterocycles. The molecule has 1 atom stereocenters. The number of hydrogen-bond donors (Lipinski definition) is 2. The van der Waals surface area contributed by atoms with E-state index < -0.39 is 5.97 Å². The lowest BCUT2D eigenvalue weighted by Gasteiger charge is -2.19. The van der Waals surface area contributed by atoms with E-state index in [4.69, 9.17) is 13.9 Å². The van der Waals surface area contributed by atoms with Crippen LogP contribution >= 0.6 is 0 Å². The van der Waals surface area contributed by atoms with Crippen molar-refractivity contribution in [2.45, 2.75) is 19.9 Å². The van der Waals surface area contributed by atoms with Gasteiger partial charge in [0.25, 0.3) is 0 Å². The van der Waals surface area contributed by atoms with E-state index in [1.807, 2.05) is 26.0 Å². The number of benzene rings is 3. The van der Waals surface area contributed by atoms with Crippen LogP contribution in [0.4, 0.5) is 5.69 Å². The Kier molecular flexibility index (Phi) is 5.01. The van der Waals surface area contributed by atoms with Crippen LogP contribution in [0.3, 0.4) is 0 Å². The van der Waals surface area contributed by atoms with Crippen molar-refractivity contribution in [1.29, 1.82) is 0 Å². The molecule has 1 aromatic heterocycles. The van der Waals surface area contributed by atoms with Crippen molar-refractivity contribution >= 4 is 22.6 Å². The van der Waals surface area contributed by atoms with E-state index in [1.54, 1.807) is 42.5 Å². The van der Waals surface area contributed by atoms with Gasteiger partial charge >= 0.3 is 5.97 Å². The monoisotopic (exact) mass is 443 g/mol. The maximum atomic E-state index is 13.0. The van der Waals surface area contributed by atoms with Gasteiger partial charge in [0.1, 0.15) is 11.3 Å². The van der Waals surface area contributed by atoms with Gasteiger partial charge in [0.15, 0.2) is 16.9 Å².